The summed E-state index contributed by atoms with van der Waals surface area (Å²) in [5.41, 5.74) is 1.32. The second-order valence-corrected chi connectivity index (χ2v) is 6.89. The van der Waals surface area contributed by atoms with Crippen LogP contribution in [0.5, 0.6) is 5.75 Å². The Labute approximate surface area is 139 Å². The van der Waals surface area contributed by atoms with Gasteiger partial charge in [-0.1, -0.05) is 17.7 Å². The first-order valence-electron chi connectivity index (χ1n) is 8.69. The molecular weight excluding hydrogens is 296 g/mol. The van der Waals surface area contributed by atoms with Crippen molar-refractivity contribution in [1.29, 1.82) is 0 Å². The Morgan fingerprint density at radius 2 is 1.95 bits per heavy atom. The van der Waals surface area contributed by atoms with Crippen molar-refractivity contribution < 1.29 is 4.74 Å². The van der Waals surface area contributed by atoms with Crippen LogP contribution in [0.4, 0.5) is 0 Å². The summed E-state index contributed by atoms with van der Waals surface area (Å²) in [6.45, 7) is 5.85. The highest BCUT2D eigenvalue weighted by atomic mass is 35.5. The molecule has 0 aromatic heterocycles. The summed E-state index contributed by atoms with van der Waals surface area (Å²) in [5.74, 6) is 0.844. The Kier molecular flexibility index (Phi) is 5.99. The van der Waals surface area contributed by atoms with Gasteiger partial charge in [0.2, 0.25) is 0 Å². The molecule has 0 atom stereocenters. The van der Waals surface area contributed by atoms with Crippen molar-refractivity contribution in [3.8, 4) is 5.75 Å². The predicted octanol–water partition coefficient (Wildman–Crippen LogP) is 3.50. The van der Waals surface area contributed by atoms with Gasteiger partial charge >= 0.3 is 0 Å². The zero-order valence-corrected chi connectivity index (χ0v) is 14.1. The van der Waals surface area contributed by atoms with E-state index in [0.29, 0.717) is 6.10 Å². The summed E-state index contributed by atoms with van der Waals surface area (Å²) in [6.07, 6.45) is 7.49. The summed E-state index contributed by atoms with van der Waals surface area (Å²) < 4.78 is 6.05. The first-order chi connectivity index (χ1) is 10.8. The third kappa shape index (κ3) is 4.61. The Hall–Kier alpha value is -0.770. The fraction of sp³-hybridized carbons (Fsp3) is 0.667. The van der Waals surface area contributed by atoms with E-state index < -0.39 is 0 Å². The van der Waals surface area contributed by atoms with Crippen LogP contribution in [0.25, 0.3) is 0 Å². The maximum Gasteiger partial charge on any atom is 0.138 e. The first kappa shape index (κ1) is 16.1. The molecule has 22 heavy (non-hydrogen) atoms. The number of rotatable bonds is 6. The predicted molar refractivity (Wildman–Crippen MR) is 92.0 cm³/mol. The molecule has 1 N–H and O–H groups in total. The van der Waals surface area contributed by atoms with E-state index in [1.54, 1.807) is 0 Å². The number of hydrogen-bond acceptors (Lipinski definition) is 3. The van der Waals surface area contributed by atoms with E-state index in [1.165, 1.54) is 44.5 Å². The van der Waals surface area contributed by atoms with E-state index >= 15 is 0 Å². The SMILES string of the molecule is Clc1cc(CCCN2CCCC2)ccc1OC1CCNCC1. The minimum Gasteiger partial charge on any atom is -0.489 e. The Morgan fingerprint density at radius 1 is 1.18 bits per heavy atom. The molecule has 0 spiro atoms. The molecule has 122 valence electrons. The minimum atomic E-state index is 0.305. The van der Waals surface area contributed by atoms with Crippen molar-refractivity contribution in [2.45, 2.75) is 44.6 Å². The highest BCUT2D eigenvalue weighted by Crippen LogP contribution is 2.28. The Bertz CT molecular complexity index is 468. The van der Waals surface area contributed by atoms with Crippen LogP contribution in [-0.4, -0.2) is 43.7 Å². The summed E-state index contributed by atoms with van der Waals surface area (Å²) in [6, 6.07) is 6.31. The zero-order valence-electron chi connectivity index (χ0n) is 13.3. The molecule has 3 rings (SSSR count). The molecule has 1 aromatic rings. The van der Waals surface area contributed by atoms with Crippen molar-refractivity contribution in [3.05, 3.63) is 28.8 Å². The minimum absolute atomic E-state index is 0.305. The molecule has 0 saturated carbocycles. The summed E-state index contributed by atoms with van der Waals surface area (Å²) >= 11 is 6.40. The van der Waals surface area contributed by atoms with Crippen LogP contribution < -0.4 is 10.1 Å². The number of benzene rings is 1. The third-order valence-corrected chi connectivity index (χ3v) is 5.01. The zero-order chi connectivity index (χ0) is 15.2. The van der Waals surface area contributed by atoms with Crippen LogP contribution in [0.1, 0.15) is 37.7 Å². The first-order valence-corrected chi connectivity index (χ1v) is 9.07. The standard InChI is InChI=1S/C18H27ClN2O/c19-17-14-15(4-3-13-21-11-1-2-12-21)5-6-18(17)22-16-7-9-20-10-8-16/h5-6,14,16,20H,1-4,7-13H2. The lowest BCUT2D eigenvalue weighted by Crippen LogP contribution is -2.34. The molecule has 3 nitrogen and oxygen atoms in total. The number of piperidine rings is 1. The molecule has 0 bridgehead atoms. The normalized spacial score (nSPS) is 20.4. The topological polar surface area (TPSA) is 24.5 Å². The number of nitrogens with zero attached hydrogens (tertiary/aromatic N) is 1. The highest BCUT2D eigenvalue weighted by molar-refractivity contribution is 6.32. The smallest absolute Gasteiger partial charge is 0.138 e. The molecular formula is C18H27ClN2O. The molecule has 0 amide bonds. The van der Waals surface area contributed by atoms with E-state index in [0.717, 1.165) is 43.1 Å². The van der Waals surface area contributed by atoms with Gasteiger partial charge in [0, 0.05) is 0 Å². The van der Waals surface area contributed by atoms with E-state index in [9.17, 15) is 0 Å². The van der Waals surface area contributed by atoms with Gasteiger partial charge in [-0.25, -0.2) is 0 Å². The van der Waals surface area contributed by atoms with Crippen molar-refractivity contribution >= 4 is 11.6 Å². The van der Waals surface area contributed by atoms with E-state index in [4.69, 9.17) is 16.3 Å². The summed E-state index contributed by atoms with van der Waals surface area (Å²) in [7, 11) is 0. The number of aryl methyl sites for hydroxylation is 1. The molecule has 2 aliphatic rings. The quantitative estimate of drug-likeness (QED) is 0.867. The van der Waals surface area contributed by atoms with Gasteiger partial charge in [0.05, 0.1) is 5.02 Å². The Morgan fingerprint density at radius 3 is 2.68 bits per heavy atom. The fourth-order valence-electron chi connectivity index (χ4n) is 3.40. The van der Waals surface area contributed by atoms with Gasteiger partial charge in [-0.2, -0.15) is 0 Å². The summed E-state index contributed by atoms with van der Waals surface area (Å²) in [5, 5.41) is 4.11. The largest absolute Gasteiger partial charge is 0.489 e. The van der Waals surface area contributed by atoms with Gasteiger partial charge in [-0.3, -0.25) is 0 Å². The van der Waals surface area contributed by atoms with Crippen LogP contribution in [0, 0.1) is 0 Å². The molecule has 1 aromatic carbocycles. The van der Waals surface area contributed by atoms with Gasteiger partial charge in [-0.05, 0) is 88.9 Å². The second kappa shape index (κ2) is 8.19. The van der Waals surface area contributed by atoms with Gasteiger partial charge in [0.15, 0.2) is 0 Å². The Balaban J connectivity index is 1.48. The number of ether oxygens (including phenoxy) is 1. The van der Waals surface area contributed by atoms with Gasteiger partial charge in [-0.15, -0.1) is 0 Å². The number of halogens is 1. The lowest BCUT2D eigenvalue weighted by Gasteiger charge is -2.24. The number of likely N-dealkylation sites (tertiary alicyclic amines) is 1. The van der Waals surface area contributed by atoms with Gasteiger partial charge in [0.25, 0.3) is 0 Å². The van der Waals surface area contributed by atoms with Crippen LogP contribution in [0.15, 0.2) is 18.2 Å². The van der Waals surface area contributed by atoms with Crippen molar-refractivity contribution in [2.24, 2.45) is 0 Å². The average Bonchev–Trinajstić information content (AvgIpc) is 3.04. The molecule has 0 aliphatic carbocycles. The van der Waals surface area contributed by atoms with Crippen molar-refractivity contribution in [2.75, 3.05) is 32.7 Å². The lowest BCUT2D eigenvalue weighted by atomic mass is 10.1. The maximum atomic E-state index is 6.40. The van der Waals surface area contributed by atoms with E-state index in [-0.39, 0.29) is 0 Å². The van der Waals surface area contributed by atoms with Crippen LogP contribution in [-0.2, 0) is 6.42 Å². The van der Waals surface area contributed by atoms with Gasteiger partial charge in [0.1, 0.15) is 11.9 Å². The van der Waals surface area contributed by atoms with Crippen LogP contribution >= 0.6 is 11.6 Å². The molecule has 2 heterocycles. The van der Waals surface area contributed by atoms with E-state index in [2.05, 4.69) is 28.4 Å². The van der Waals surface area contributed by atoms with Crippen molar-refractivity contribution in [3.63, 3.8) is 0 Å². The molecule has 0 unspecified atom stereocenters. The van der Waals surface area contributed by atoms with E-state index in [1.807, 2.05) is 0 Å². The van der Waals surface area contributed by atoms with Crippen LogP contribution in [0.2, 0.25) is 5.02 Å². The van der Waals surface area contributed by atoms with Gasteiger partial charge < -0.3 is 15.0 Å². The molecule has 2 fully saturated rings. The monoisotopic (exact) mass is 322 g/mol. The van der Waals surface area contributed by atoms with Crippen molar-refractivity contribution in [1.82, 2.24) is 10.2 Å². The summed E-state index contributed by atoms with van der Waals surface area (Å²) in [4.78, 5) is 2.57. The molecule has 2 saturated heterocycles. The van der Waals surface area contributed by atoms with Crippen LogP contribution in [0.3, 0.4) is 0 Å². The second-order valence-electron chi connectivity index (χ2n) is 6.48. The number of hydrogen-bond donors (Lipinski definition) is 1. The molecule has 4 heteroatoms. The molecule has 0 radical (unpaired) electrons. The maximum absolute atomic E-state index is 6.40. The third-order valence-electron chi connectivity index (χ3n) is 4.71. The fourth-order valence-corrected chi connectivity index (χ4v) is 3.65. The number of nitrogens with one attached hydrogen (secondary N) is 1. The molecule has 2 aliphatic heterocycles. The average molecular weight is 323 g/mol. The lowest BCUT2D eigenvalue weighted by molar-refractivity contribution is 0.162. The highest BCUT2D eigenvalue weighted by Gasteiger charge is 2.16.